The topological polar surface area (TPSA) is 43.3 Å². The van der Waals surface area contributed by atoms with Crippen LogP contribution in [0.3, 0.4) is 0 Å². The second-order valence-corrected chi connectivity index (χ2v) is 7.90. The largest absolute Gasteiger partial charge is 0.309 e. The van der Waals surface area contributed by atoms with Crippen LogP contribution in [0.25, 0.3) is 33.1 Å². The first-order valence-electron chi connectivity index (χ1n) is 12.7. The van der Waals surface area contributed by atoms with Gasteiger partial charge in [0.15, 0.2) is 0 Å². The lowest BCUT2D eigenvalue weighted by Gasteiger charge is -2.08. The van der Waals surface area contributed by atoms with Gasteiger partial charge in [0.1, 0.15) is 0 Å². The Morgan fingerprint density at radius 2 is 1.50 bits per heavy atom. The maximum absolute atomic E-state index is 4.19. The van der Waals surface area contributed by atoms with Gasteiger partial charge in [-0.1, -0.05) is 93.3 Å². The van der Waals surface area contributed by atoms with Crippen LogP contribution in [-0.2, 0) is 0 Å². The van der Waals surface area contributed by atoms with E-state index in [2.05, 4.69) is 127 Å². The molecule has 0 saturated heterocycles. The molecule has 0 fully saturated rings. The second kappa shape index (κ2) is 18.4. The third kappa shape index (κ3) is 8.91. The Morgan fingerprint density at radius 3 is 2.11 bits per heavy atom. The summed E-state index contributed by atoms with van der Waals surface area (Å²) < 4.78 is 2.35. The molecule has 3 aromatic carbocycles. The van der Waals surface area contributed by atoms with Crippen LogP contribution in [0, 0.1) is 6.92 Å². The van der Waals surface area contributed by atoms with Crippen molar-refractivity contribution < 1.29 is 0 Å². The van der Waals surface area contributed by atoms with Crippen molar-refractivity contribution in [2.24, 2.45) is 10.1 Å². The molecule has 0 unspecified atom stereocenters. The molecule has 4 heteroatoms. The summed E-state index contributed by atoms with van der Waals surface area (Å²) in [5.41, 5.74) is 7.43. The van der Waals surface area contributed by atoms with Gasteiger partial charge in [-0.2, -0.15) is 0 Å². The summed E-state index contributed by atoms with van der Waals surface area (Å²) in [4.78, 5) is 3.71. The van der Waals surface area contributed by atoms with Crippen molar-refractivity contribution in [3.05, 3.63) is 134 Å². The van der Waals surface area contributed by atoms with Crippen molar-refractivity contribution in [1.29, 1.82) is 0 Å². The number of allylic oxidation sites excluding steroid dienone is 7. The molecule has 38 heavy (non-hydrogen) atoms. The predicted octanol–water partition coefficient (Wildman–Crippen LogP) is 9.83. The van der Waals surface area contributed by atoms with Gasteiger partial charge in [0.05, 0.1) is 11.0 Å². The van der Waals surface area contributed by atoms with Gasteiger partial charge in [0.25, 0.3) is 0 Å². The third-order valence-corrected chi connectivity index (χ3v) is 5.45. The number of nitrogens with zero attached hydrogens (tertiary/aromatic N) is 2. The molecule has 0 saturated carbocycles. The zero-order chi connectivity index (χ0) is 28.3. The molecule has 0 aliphatic heterocycles. The smallest absolute Gasteiger partial charge is 0.0541 e. The monoisotopic (exact) mass is 523 g/mol. The Bertz CT molecular complexity index is 1400. The fraction of sp³-hybridized carbons (Fsp3) is 0.147. The lowest BCUT2D eigenvalue weighted by atomic mass is 10.0. The van der Waals surface area contributed by atoms with Gasteiger partial charge in [-0.25, -0.2) is 0 Å². The number of aromatic nitrogens is 1. The van der Waals surface area contributed by atoms with E-state index >= 15 is 0 Å². The van der Waals surface area contributed by atoms with Gasteiger partial charge in [0, 0.05) is 28.9 Å². The van der Waals surface area contributed by atoms with E-state index in [0.717, 1.165) is 0 Å². The standard InChI is InChI=1S/C26H23N.C6H9N.C2H6.H3NS/c1-4-5-7-10-20(3)21-14-16-26-24(18-21)23-17-19(2)13-15-25(23)27(26)22-11-8-6-9-12-22;1-3-5-6-7-4-2;2*1-2/h4-18H,1H2,2-3H3;3-6H,2H2,1H3;1-2H3;2H,1H2/b7-5-,20-10+;5-3-,7-6?;;. The molecule has 0 amide bonds. The molecule has 4 aromatic rings. The molecule has 198 valence electrons. The molecule has 0 aliphatic carbocycles. The minimum absolute atomic E-state index is 1.19. The molecule has 0 aliphatic rings. The average molecular weight is 524 g/mol. The number of para-hydroxylation sites is 1. The van der Waals surface area contributed by atoms with Gasteiger partial charge >= 0.3 is 0 Å². The van der Waals surface area contributed by atoms with Crippen LogP contribution in [0.5, 0.6) is 0 Å². The van der Waals surface area contributed by atoms with Gasteiger partial charge in [-0.3, -0.25) is 10.1 Å². The lowest BCUT2D eigenvalue weighted by molar-refractivity contribution is 1.18. The summed E-state index contributed by atoms with van der Waals surface area (Å²) in [5.74, 6) is 0. The summed E-state index contributed by atoms with van der Waals surface area (Å²) in [6.07, 6.45) is 14.9. The highest BCUT2D eigenvalue weighted by atomic mass is 32.1. The lowest BCUT2D eigenvalue weighted by Crippen LogP contribution is -1.93. The first-order chi connectivity index (χ1) is 18.6. The molecule has 1 heterocycles. The van der Waals surface area contributed by atoms with Crippen molar-refractivity contribution in [2.75, 3.05) is 0 Å². The molecule has 0 atom stereocenters. The molecule has 0 bridgehead atoms. The fourth-order valence-electron chi connectivity index (χ4n) is 3.81. The molecule has 2 N–H and O–H groups in total. The Hall–Kier alpha value is -3.86. The van der Waals surface area contributed by atoms with Crippen molar-refractivity contribution in [3.8, 4) is 5.69 Å². The quantitative estimate of drug-likeness (QED) is 0.147. The minimum atomic E-state index is 1.19. The van der Waals surface area contributed by atoms with Gasteiger partial charge in [-0.15, -0.1) is 12.8 Å². The highest BCUT2D eigenvalue weighted by Gasteiger charge is 2.13. The van der Waals surface area contributed by atoms with Crippen LogP contribution in [-0.4, -0.2) is 10.8 Å². The predicted molar refractivity (Wildman–Crippen MR) is 177 cm³/mol. The number of hydrogen-bond acceptors (Lipinski definition) is 3. The summed E-state index contributed by atoms with van der Waals surface area (Å²) >= 11 is 3.03. The van der Waals surface area contributed by atoms with Crippen LogP contribution in [0.1, 0.15) is 38.8 Å². The number of nitrogens with two attached hydrogens (primary N) is 1. The summed E-state index contributed by atoms with van der Waals surface area (Å²) in [6.45, 7) is 17.4. The zero-order valence-corrected chi connectivity index (χ0v) is 24.2. The van der Waals surface area contributed by atoms with E-state index in [-0.39, 0.29) is 0 Å². The Morgan fingerprint density at radius 1 is 0.868 bits per heavy atom. The molecular formula is C34H41N3S. The van der Waals surface area contributed by atoms with Gasteiger partial charge in [-0.05, 0) is 74.4 Å². The summed E-state index contributed by atoms with van der Waals surface area (Å²) in [6, 6.07) is 24.0. The molecule has 4 rings (SSSR count). The summed E-state index contributed by atoms with van der Waals surface area (Å²) in [5, 5.41) is 6.78. The fourth-order valence-corrected chi connectivity index (χ4v) is 3.81. The van der Waals surface area contributed by atoms with Gasteiger partial charge < -0.3 is 4.57 Å². The van der Waals surface area contributed by atoms with Crippen molar-refractivity contribution in [1.82, 2.24) is 4.57 Å². The van der Waals surface area contributed by atoms with Crippen LogP contribution in [0.4, 0.5) is 0 Å². The maximum Gasteiger partial charge on any atom is 0.0541 e. The number of hydrogen-bond donors (Lipinski definition) is 2. The SMILES string of the molecule is C=C/C=C\C=C(/C)c1ccc2c(c1)c1cc(C)ccc1n2-c1ccccc1.C=CN=C/C=C\C.CC.NS. The van der Waals surface area contributed by atoms with E-state index in [9.17, 15) is 0 Å². The van der Waals surface area contributed by atoms with E-state index < -0.39 is 0 Å². The molecular weight excluding hydrogens is 482 g/mol. The molecule has 1 aromatic heterocycles. The van der Waals surface area contributed by atoms with E-state index in [0.29, 0.717) is 0 Å². The number of benzene rings is 3. The van der Waals surface area contributed by atoms with E-state index in [1.165, 1.54) is 50.4 Å². The second-order valence-electron chi connectivity index (χ2n) is 7.90. The van der Waals surface area contributed by atoms with Crippen LogP contribution in [0.2, 0.25) is 0 Å². The van der Waals surface area contributed by atoms with E-state index in [4.69, 9.17) is 0 Å². The van der Waals surface area contributed by atoms with Crippen LogP contribution in [0.15, 0.2) is 128 Å². The normalized spacial score (nSPS) is 11.1. The van der Waals surface area contributed by atoms with Crippen LogP contribution >= 0.6 is 12.8 Å². The minimum Gasteiger partial charge on any atom is -0.309 e. The zero-order valence-electron chi connectivity index (χ0n) is 23.3. The molecule has 0 spiro atoms. The average Bonchev–Trinajstić information content (AvgIpc) is 3.29. The van der Waals surface area contributed by atoms with Crippen LogP contribution < -0.4 is 5.14 Å². The number of aliphatic imine (C=N–C) groups is 1. The molecule has 3 nitrogen and oxygen atoms in total. The van der Waals surface area contributed by atoms with E-state index in [1.54, 1.807) is 12.3 Å². The Labute approximate surface area is 234 Å². The Kier molecular flexibility index (Phi) is 15.6. The third-order valence-electron chi connectivity index (χ3n) is 5.45. The number of aryl methyl sites for hydroxylation is 1. The number of fused-ring (bicyclic) bond motifs is 3. The maximum atomic E-state index is 4.19. The van der Waals surface area contributed by atoms with Crippen molar-refractivity contribution in [3.63, 3.8) is 0 Å². The number of thiol groups is 1. The first kappa shape index (κ1) is 32.2. The highest BCUT2D eigenvalue weighted by Crippen LogP contribution is 2.34. The summed E-state index contributed by atoms with van der Waals surface area (Å²) in [7, 11) is 0. The molecule has 0 radical (unpaired) electrons. The van der Waals surface area contributed by atoms with Gasteiger partial charge in [0.2, 0.25) is 0 Å². The highest BCUT2D eigenvalue weighted by molar-refractivity contribution is 7.77. The van der Waals surface area contributed by atoms with E-state index in [1.807, 2.05) is 45.1 Å². The Balaban J connectivity index is 0.000000566. The first-order valence-corrected chi connectivity index (χ1v) is 13.2. The van der Waals surface area contributed by atoms with Crippen molar-refractivity contribution in [2.45, 2.75) is 34.6 Å². The van der Waals surface area contributed by atoms with Crippen molar-refractivity contribution >= 4 is 46.4 Å². The number of rotatable bonds is 6.